The number of benzene rings is 9. The van der Waals surface area contributed by atoms with Gasteiger partial charge in [-0.05, 0) is 105 Å². The van der Waals surface area contributed by atoms with E-state index >= 15 is 0 Å². The Balaban J connectivity index is 1.17. The lowest BCUT2D eigenvalue weighted by atomic mass is 9.94. The van der Waals surface area contributed by atoms with Crippen molar-refractivity contribution in [2.45, 2.75) is 0 Å². The molecule has 0 saturated heterocycles. The lowest BCUT2D eigenvalue weighted by Gasteiger charge is -2.29. The monoisotopic (exact) mass is 719 g/mol. The third-order valence-electron chi connectivity index (χ3n) is 10.8. The fourth-order valence-corrected chi connectivity index (χ4v) is 9.33. The molecule has 0 spiro atoms. The summed E-state index contributed by atoms with van der Waals surface area (Å²) in [5, 5.41) is 7.20. The van der Waals surface area contributed by atoms with Gasteiger partial charge in [-0.3, -0.25) is 0 Å². The Hall–Kier alpha value is -6.94. The summed E-state index contributed by atoms with van der Waals surface area (Å²) in [4.78, 5) is 2.46. The van der Waals surface area contributed by atoms with Crippen molar-refractivity contribution in [3.05, 3.63) is 200 Å². The lowest BCUT2D eigenvalue weighted by Crippen LogP contribution is -2.11. The van der Waals surface area contributed by atoms with Crippen LogP contribution in [-0.4, -0.2) is 0 Å². The fourth-order valence-electron chi connectivity index (χ4n) is 8.24. The van der Waals surface area contributed by atoms with Crippen LogP contribution in [0.25, 0.3) is 86.3 Å². The predicted molar refractivity (Wildman–Crippen MR) is 235 cm³/mol. The lowest BCUT2D eigenvalue weighted by molar-refractivity contribution is 0.669. The molecule has 3 heteroatoms. The summed E-state index contributed by atoms with van der Waals surface area (Å²) in [5.41, 5.74) is 12.2. The molecule has 0 fully saturated rings. The SMILES string of the molecule is c1ccc(-c2cc(-c3ccccc3)cc(N(c3ccc4sc5ccccc5c4c3)c3ccc(-c4ccc5oc6ccccc6c5c4)c4ccccc34)c2)cc1. The van der Waals surface area contributed by atoms with E-state index < -0.39 is 0 Å². The van der Waals surface area contributed by atoms with Crippen LogP contribution in [0, 0.1) is 0 Å². The maximum Gasteiger partial charge on any atom is 0.135 e. The van der Waals surface area contributed by atoms with E-state index in [-0.39, 0.29) is 0 Å². The van der Waals surface area contributed by atoms with Crippen LogP contribution in [0.1, 0.15) is 0 Å². The Morgan fingerprint density at radius 1 is 0.327 bits per heavy atom. The minimum atomic E-state index is 0.904. The van der Waals surface area contributed by atoms with Gasteiger partial charge in [0.1, 0.15) is 11.2 Å². The minimum Gasteiger partial charge on any atom is -0.456 e. The minimum absolute atomic E-state index is 0.904. The molecule has 2 aromatic heterocycles. The van der Waals surface area contributed by atoms with E-state index in [1.165, 1.54) is 58.8 Å². The molecule has 0 N–H and O–H groups in total. The zero-order chi connectivity index (χ0) is 36.3. The molecule has 2 heterocycles. The highest BCUT2D eigenvalue weighted by molar-refractivity contribution is 7.25. The summed E-state index contributed by atoms with van der Waals surface area (Å²) in [6, 6.07) is 72.5. The molecule has 9 aromatic carbocycles. The molecule has 2 nitrogen and oxygen atoms in total. The number of nitrogens with zero attached hydrogens (tertiary/aromatic N) is 1. The van der Waals surface area contributed by atoms with Crippen LogP contribution in [0.15, 0.2) is 205 Å². The summed E-state index contributed by atoms with van der Waals surface area (Å²) in [7, 11) is 0. The first-order valence-corrected chi connectivity index (χ1v) is 19.5. The summed E-state index contributed by atoms with van der Waals surface area (Å²) < 4.78 is 8.80. The van der Waals surface area contributed by atoms with Gasteiger partial charge in [-0.1, -0.05) is 133 Å². The smallest absolute Gasteiger partial charge is 0.135 e. The Morgan fingerprint density at radius 2 is 0.945 bits per heavy atom. The highest BCUT2D eigenvalue weighted by Crippen LogP contribution is 2.46. The van der Waals surface area contributed by atoms with E-state index in [0.29, 0.717) is 0 Å². The number of hydrogen-bond donors (Lipinski definition) is 0. The van der Waals surface area contributed by atoms with Crippen molar-refractivity contribution in [2.24, 2.45) is 0 Å². The number of fused-ring (bicyclic) bond motifs is 7. The number of thiophene rings is 1. The zero-order valence-corrected chi connectivity index (χ0v) is 30.6. The molecule has 0 unspecified atom stereocenters. The van der Waals surface area contributed by atoms with Crippen LogP contribution in [0.4, 0.5) is 17.1 Å². The van der Waals surface area contributed by atoms with Gasteiger partial charge in [0, 0.05) is 47.7 Å². The first-order valence-electron chi connectivity index (χ1n) is 18.7. The molecule has 0 aliphatic rings. The first-order chi connectivity index (χ1) is 27.2. The Kier molecular flexibility index (Phi) is 7.39. The van der Waals surface area contributed by atoms with Crippen LogP contribution < -0.4 is 4.90 Å². The Bertz CT molecular complexity index is 3150. The predicted octanol–water partition coefficient (Wildman–Crippen LogP) is 15.6. The van der Waals surface area contributed by atoms with Gasteiger partial charge in [0.05, 0.1) is 5.69 Å². The van der Waals surface area contributed by atoms with E-state index in [0.717, 1.165) is 44.6 Å². The zero-order valence-electron chi connectivity index (χ0n) is 29.8. The number of furan rings is 1. The van der Waals surface area contributed by atoms with E-state index in [4.69, 9.17) is 4.42 Å². The average molecular weight is 720 g/mol. The van der Waals surface area contributed by atoms with Gasteiger partial charge in [-0.15, -0.1) is 11.3 Å². The van der Waals surface area contributed by atoms with E-state index in [1.54, 1.807) is 0 Å². The molecule has 258 valence electrons. The Labute approximate surface area is 322 Å². The van der Waals surface area contributed by atoms with Gasteiger partial charge in [-0.25, -0.2) is 0 Å². The van der Waals surface area contributed by atoms with Crippen LogP contribution in [0.5, 0.6) is 0 Å². The topological polar surface area (TPSA) is 16.4 Å². The molecular weight excluding hydrogens is 687 g/mol. The number of anilines is 3. The van der Waals surface area contributed by atoms with Crippen LogP contribution in [-0.2, 0) is 0 Å². The van der Waals surface area contributed by atoms with E-state index in [1.807, 2.05) is 23.5 Å². The third kappa shape index (κ3) is 5.40. The number of para-hydroxylation sites is 1. The van der Waals surface area contributed by atoms with Crippen molar-refractivity contribution in [1.82, 2.24) is 0 Å². The van der Waals surface area contributed by atoms with Crippen LogP contribution in [0.3, 0.4) is 0 Å². The van der Waals surface area contributed by atoms with E-state index in [2.05, 4.69) is 193 Å². The summed E-state index contributed by atoms with van der Waals surface area (Å²) >= 11 is 1.85. The molecule has 0 saturated carbocycles. The van der Waals surface area contributed by atoms with Crippen molar-refractivity contribution >= 4 is 81.3 Å². The standard InChI is InChI=1S/C52H33NOS/c1-3-13-34(14-4-1)37-29-38(35-15-5-2-6-16-35)31-40(30-37)53(39-24-28-52-47(33-39)45-20-10-12-22-51(45)55-52)48-26-25-41(42-17-7-8-18-43(42)48)36-23-27-50-46(32-36)44-19-9-11-21-49(44)54-50/h1-33H. The molecule has 0 aliphatic carbocycles. The molecule has 11 aromatic rings. The van der Waals surface area contributed by atoms with E-state index in [9.17, 15) is 0 Å². The quantitative estimate of drug-likeness (QED) is 0.170. The molecule has 0 aliphatic heterocycles. The normalized spacial score (nSPS) is 11.6. The Morgan fingerprint density at radius 3 is 1.71 bits per heavy atom. The summed E-state index contributed by atoms with van der Waals surface area (Å²) in [5.74, 6) is 0. The van der Waals surface area contributed by atoms with Gasteiger partial charge in [0.15, 0.2) is 0 Å². The number of hydrogen-bond acceptors (Lipinski definition) is 3. The molecule has 0 bridgehead atoms. The third-order valence-corrected chi connectivity index (χ3v) is 12.0. The summed E-state index contributed by atoms with van der Waals surface area (Å²) in [6.45, 7) is 0. The second kappa shape index (κ2) is 12.9. The molecule has 11 rings (SSSR count). The van der Waals surface area contributed by atoms with Crippen molar-refractivity contribution in [1.29, 1.82) is 0 Å². The molecule has 55 heavy (non-hydrogen) atoms. The highest BCUT2D eigenvalue weighted by atomic mass is 32.1. The fraction of sp³-hybridized carbons (Fsp3) is 0. The van der Waals surface area contributed by atoms with Gasteiger partial charge >= 0.3 is 0 Å². The van der Waals surface area contributed by atoms with Crippen molar-refractivity contribution in [3.8, 4) is 33.4 Å². The average Bonchev–Trinajstić information content (AvgIpc) is 3.82. The van der Waals surface area contributed by atoms with Crippen molar-refractivity contribution in [3.63, 3.8) is 0 Å². The largest absolute Gasteiger partial charge is 0.456 e. The molecule has 0 amide bonds. The molecule has 0 radical (unpaired) electrons. The number of rotatable bonds is 6. The first kappa shape index (κ1) is 31.6. The van der Waals surface area contributed by atoms with Crippen molar-refractivity contribution < 1.29 is 4.42 Å². The van der Waals surface area contributed by atoms with Crippen LogP contribution >= 0.6 is 11.3 Å². The van der Waals surface area contributed by atoms with Gasteiger partial charge in [-0.2, -0.15) is 0 Å². The maximum atomic E-state index is 6.21. The maximum absolute atomic E-state index is 6.21. The second-order valence-corrected chi connectivity index (χ2v) is 15.2. The van der Waals surface area contributed by atoms with Gasteiger partial charge in [0.25, 0.3) is 0 Å². The second-order valence-electron chi connectivity index (χ2n) is 14.1. The summed E-state index contributed by atoms with van der Waals surface area (Å²) in [6.07, 6.45) is 0. The van der Waals surface area contributed by atoms with Crippen molar-refractivity contribution in [2.75, 3.05) is 4.90 Å². The molecule has 0 atom stereocenters. The highest BCUT2D eigenvalue weighted by Gasteiger charge is 2.21. The molecular formula is C52H33NOS. The van der Waals surface area contributed by atoms with Gasteiger partial charge < -0.3 is 9.32 Å². The van der Waals surface area contributed by atoms with Gasteiger partial charge in [0.2, 0.25) is 0 Å². The van der Waals surface area contributed by atoms with Crippen LogP contribution in [0.2, 0.25) is 0 Å².